The molecule has 0 saturated heterocycles. The van der Waals surface area contributed by atoms with Crippen LogP contribution in [0.1, 0.15) is 29.9 Å². The van der Waals surface area contributed by atoms with Gasteiger partial charge in [-0.05, 0) is 62.7 Å². The average Bonchev–Trinajstić information content (AvgIpc) is 3.30. The minimum atomic E-state index is -0.358. The van der Waals surface area contributed by atoms with E-state index in [4.69, 9.17) is 19.3 Å². The molecule has 4 aromatic rings. The van der Waals surface area contributed by atoms with Crippen LogP contribution in [0.25, 0.3) is 16.8 Å². The molecule has 0 aliphatic rings. The zero-order valence-corrected chi connectivity index (χ0v) is 23.6. The van der Waals surface area contributed by atoms with E-state index in [1.807, 2.05) is 75.4 Å². The molecule has 0 spiro atoms. The predicted molar refractivity (Wildman–Crippen MR) is 155 cm³/mol. The second-order valence-corrected chi connectivity index (χ2v) is 9.46. The van der Waals surface area contributed by atoms with Crippen LogP contribution in [-0.4, -0.2) is 60.4 Å². The Morgan fingerprint density at radius 3 is 2.02 bits per heavy atom. The fraction of sp³-hybridized carbons (Fsp3) is 0.258. The first kappa shape index (κ1) is 28.2. The molecule has 0 atom stereocenters. The highest BCUT2D eigenvalue weighted by atomic mass is 16.5. The van der Waals surface area contributed by atoms with E-state index >= 15 is 0 Å². The predicted octanol–water partition coefficient (Wildman–Crippen LogP) is 5.36. The highest BCUT2D eigenvalue weighted by Gasteiger charge is 2.25. The maximum Gasteiger partial charge on any atom is 0.254 e. The summed E-state index contributed by atoms with van der Waals surface area (Å²) in [5.41, 5.74) is 3.57. The Kier molecular flexibility index (Phi) is 8.73. The summed E-state index contributed by atoms with van der Waals surface area (Å²) >= 11 is 0. The van der Waals surface area contributed by atoms with Crippen LogP contribution in [0.3, 0.4) is 0 Å². The van der Waals surface area contributed by atoms with Gasteiger partial charge >= 0.3 is 0 Å². The number of anilines is 1. The molecule has 208 valence electrons. The summed E-state index contributed by atoms with van der Waals surface area (Å²) in [5.74, 6) is 1.53. The van der Waals surface area contributed by atoms with Crippen molar-refractivity contribution < 1.29 is 23.8 Å². The van der Waals surface area contributed by atoms with Gasteiger partial charge in [-0.25, -0.2) is 4.68 Å². The second kappa shape index (κ2) is 12.4. The maximum absolute atomic E-state index is 13.6. The molecule has 0 fully saturated rings. The number of hydrogen-bond acceptors (Lipinski definition) is 6. The molecular formula is C31H34N4O5. The van der Waals surface area contributed by atoms with E-state index in [9.17, 15) is 9.59 Å². The van der Waals surface area contributed by atoms with Gasteiger partial charge in [0.15, 0.2) is 0 Å². The lowest BCUT2D eigenvalue weighted by atomic mass is 10.1. The zero-order chi connectivity index (χ0) is 28.8. The molecule has 1 heterocycles. The molecule has 9 nitrogen and oxygen atoms in total. The Morgan fingerprint density at radius 1 is 0.875 bits per heavy atom. The Hall–Kier alpha value is -4.79. The van der Waals surface area contributed by atoms with Crippen molar-refractivity contribution in [3.8, 4) is 34.1 Å². The Balaban J connectivity index is 1.69. The summed E-state index contributed by atoms with van der Waals surface area (Å²) in [6.45, 7) is 5.46. The molecule has 3 aromatic carbocycles. The zero-order valence-electron chi connectivity index (χ0n) is 23.6. The number of rotatable bonds is 10. The second-order valence-electron chi connectivity index (χ2n) is 9.46. The van der Waals surface area contributed by atoms with Crippen LogP contribution in [-0.2, 0) is 4.79 Å². The standard InChI is InChI=1S/C31H34N4O5/c1-20(2)34(31(37)23-16-26(39-5)18-27(17-23)40-6)19-28(36)32-30-29(22-10-8-7-9-11-22)21(3)33-35(30)24-12-14-25(38-4)15-13-24/h7-18,20H,19H2,1-6H3,(H,32,36). The number of nitrogens with one attached hydrogen (secondary N) is 1. The number of carbonyl (C=O) groups excluding carboxylic acids is 2. The van der Waals surface area contributed by atoms with Crippen molar-refractivity contribution in [2.75, 3.05) is 33.2 Å². The topological polar surface area (TPSA) is 94.9 Å². The van der Waals surface area contributed by atoms with Gasteiger partial charge in [0.25, 0.3) is 5.91 Å². The van der Waals surface area contributed by atoms with Crippen molar-refractivity contribution in [1.29, 1.82) is 0 Å². The van der Waals surface area contributed by atoms with E-state index in [1.165, 1.54) is 19.1 Å². The number of amides is 2. The molecule has 0 bridgehead atoms. The van der Waals surface area contributed by atoms with Crippen LogP contribution in [0.2, 0.25) is 0 Å². The fourth-order valence-electron chi connectivity index (χ4n) is 4.42. The van der Waals surface area contributed by atoms with E-state index in [-0.39, 0.29) is 24.4 Å². The summed E-state index contributed by atoms with van der Waals surface area (Å²) in [6, 6.07) is 21.9. The first-order valence-electron chi connectivity index (χ1n) is 12.9. The molecule has 0 radical (unpaired) electrons. The van der Waals surface area contributed by atoms with Crippen LogP contribution in [0, 0.1) is 6.92 Å². The molecule has 1 aromatic heterocycles. The molecule has 2 amide bonds. The molecule has 0 saturated carbocycles. The third kappa shape index (κ3) is 6.09. The smallest absolute Gasteiger partial charge is 0.254 e. The molecule has 40 heavy (non-hydrogen) atoms. The lowest BCUT2D eigenvalue weighted by Gasteiger charge is -2.26. The van der Waals surface area contributed by atoms with Gasteiger partial charge in [0.05, 0.1) is 32.7 Å². The van der Waals surface area contributed by atoms with Crippen molar-refractivity contribution >= 4 is 17.6 Å². The number of carbonyl (C=O) groups is 2. The van der Waals surface area contributed by atoms with Crippen molar-refractivity contribution in [2.24, 2.45) is 0 Å². The number of ether oxygens (including phenoxy) is 3. The lowest BCUT2D eigenvalue weighted by molar-refractivity contribution is -0.117. The SMILES string of the molecule is COc1ccc(-n2nc(C)c(-c3ccccc3)c2NC(=O)CN(C(=O)c2cc(OC)cc(OC)c2)C(C)C)cc1. The summed E-state index contributed by atoms with van der Waals surface area (Å²) in [7, 11) is 4.65. The van der Waals surface area contributed by atoms with Crippen molar-refractivity contribution in [1.82, 2.24) is 14.7 Å². The van der Waals surface area contributed by atoms with Crippen molar-refractivity contribution in [3.63, 3.8) is 0 Å². The van der Waals surface area contributed by atoms with E-state index in [0.717, 1.165) is 22.5 Å². The van der Waals surface area contributed by atoms with Gasteiger partial charge in [0.1, 0.15) is 29.6 Å². The van der Waals surface area contributed by atoms with Gasteiger partial charge in [0, 0.05) is 23.2 Å². The Bertz CT molecular complexity index is 1460. The maximum atomic E-state index is 13.6. The van der Waals surface area contributed by atoms with Crippen molar-refractivity contribution in [2.45, 2.75) is 26.8 Å². The number of hydrogen-bond donors (Lipinski definition) is 1. The highest BCUT2D eigenvalue weighted by Crippen LogP contribution is 2.34. The monoisotopic (exact) mass is 542 g/mol. The molecule has 0 aliphatic carbocycles. The molecule has 4 rings (SSSR count). The third-order valence-electron chi connectivity index (χ3n) is 6.49. The molecule has 0 unspecified atom stereocenters. The van der Waals surface area contributed by atoms with Crippen LogP contribution >= 0.6 is 0 Å². The van der Waals surface area contributed by atoms with E-state index in [1.54, 1.807) is 30.0 Å². The van der Waals surface area contributed by atoms with E-state index < -0.39 is 0 Å². The lowest BCUT2D eigenvalue weighted by Crippen LogP contribution is -2.42. The quantitative estimate of drug-likeness (QED) is 0.290. The van der Waals surface area contributed by atoms with E-state index in [0.29, 0.717) is 28.6 Å². The number of aromatic nitrogens is 2. The molecule has 1 N–H and O–H groups in total. The normalized spacial score (nSPS) is 10.8. The minimum absolute atomic E-state index is 0.170. The largest absolute Gasteiger partial charge is 0.497 e. The molecule has 0 aliphatic heterocycles. The third-order valence-corrected chi connectivity index (χ3v) is 6.49. The number of aryl methyl sites for hydroxylation is 1. The number of benzene rings is 3. The van der Waals surface area contributed by atoms with Crippen LogP contribution in [0.5, 0.6) is 17.2 Å². The first-order valence-corrected chi connectivity index (χ1v) is 12.9. The Labute approximate surface area is 234 Å². The highest BCUT2D eigenvalue weighted by molar-refractivity contribution is 6.01. The summed E-state index contributed by atoms with van der Waals surface area (Å²) in [4.78, 5) is 28.6. The van der Waals surface area contributed by atoms with Crippen LogP contribution < -0.4 is 19.5 Å². The van der Waals surface area contributed by atoms with Crippen LogP contribution in [0.15, 0.2) is 72.8 Å². The van der Waals surface area contributed by atoms with Gasteiger partial charge in [-0.1, -0.05) is 30.3 Å². The molecular weight excluding hydrogens is 508 g/mol. The summed E-state index contributed by atoms with van der Waals surface area (Å²) in [5, 5.41) is 7.80. The van der Waals surface area contributed by atoms with Gasteiger partial charge < -0.3 is 24.4 Å². The van der Waals surface area contributed by atoms with Gasteiger partial charge in [0.2, 0.25) is 5.91 Å². The summed E-state index contributed by atoms with van der Waals surface area (Å²) < 4.78 is 17.7. The first-order chi connectivity index (χ1) is 19.2. The van der Waals surface area contributed by atoms with Crippen molar-refractivity contribution in [3.05, 3.63) is 84.1 Å². The fourth-order valence-corrected chi connectivity index (χ4v) is 4.42. The van der Waals surface area contributed by atoms with Gasteiger partial charge in [-0.2, -0.15) is 5.10 Å². The Morgan fingerprint density at radius 2 is 1.48 bits per heavy atom. The number of nitrogens with zero attached hydrogens (tertiary/aromatic N) is 3. The van der Waals surface area contributed by atoms with E-state index in [2.05, 4.69) is 5.32 Å². The average molecular weight is 543 g/mol. The van der Waals surface area contributed by atoms with Gasteiger partial charge in [-0.15, -0.1) is 0 Å². The molecule has 9 heteroatoms. The van der Waals surface area contributed by atoms with Crippen LogP contribution in [0.4, 0.5) is 5.82 Å². The van der Waals surface area contributed by atoms with Gasteiger partial charge in [-0.3, -0.25) is 9.59 Å². The summed E-state index contributed by atoms with van der Waals surface area (Å²) in [6.07, 6.45) is 0. The number of methoxy groups -OCH3 is 3. The minimum Gasteiger partial charge on any atom is -0.497 e.